The van der Waals surface area contributed by atoms with Crippen molar-refractivity contribution in [2.24, 2.45) is 0 Å². The van der Waals surface area contributed by atoms with E-state index in [1.165, 1.54) is 13.3 Å². The number of ether oxygens (including phenoxy) is 2. The molecule has 0 unspecified atom stereocenters. The Kier molecular flexibility index (Phi) is 5.51. The average molecular weight is 290 g/mol. The predicted molar refractivity (Wildman–Crippen MR) is 79.3 cm³/mol. The number of aromatic nitrogens is 1. The van der Waals surface area contributed by atoms with Gasteiger partial charge in [0.1, 0.15) is 0 Å². The monoisotopic (exact) mass is 290 g/mol. The molecule has 4 nitrogen and oxygen atoms in total. The number of nitrogens with one attached hydrogen (secondary N) is 1. The van der Waals surface area contributed by atoms with Gasteiger partial charge in [-0.3, -0.25) is 0 Å². The summed E-state index contributed by atoms with van der Waals surface area (Å²) in [7, 11) is 1.54. The fourth-order valence-electron chi connectivity index (χ4n) is 1.88. The average Bonchev–Trinajstić information content (AvgIpc) is 2.51. The standard InChI is InChI=1S/C16H19FN2O2/c1-3-9-18-11-12-8-10-19-16(15(12)17)21-14-7-5-4-6-13(14)20-2/h4-8,10,18H,3,9,11H2,1-2H3. The highest BCUT2D eigenvalue weighted by Gasteiger charge is 2.13. The zero-order valence-electron chi connectivity index (χ0n) is 12.2. The zero-order valence-corrected chi connectivity index (χ0v) is 12.2. The Bertz CT molecular complexity index is 590. The number of halogens is 1. The number of nitrogens with zero attached hydrogens (tertiary/aromatic N) is 1. The van der Waals surface area contributed by atoms with E-state index in [0.29, 0.717) is 23.6 Å². The molecule has 0 spiro atoms. The lowest BCUT2D eigenvalue weighted by Gasteiger charge is -2.11. The van der Waals surface area contributed by atoms with Gasteiger partial charge >= 0.3 is 0 Å². The molecule has 2 aromatic rings. The van der Waals surface area contributed by atoms with Crippen molar-refractivity contribution in [2.75, 3.05) is 13.7 Å². The zero-order chi connectivity index (χ0) is 15.1. The van der Waals surface area contributed by atoms with Crippen LogP contribution in [0.1, 0.15) is 18.9 Å². The van der Waals surface area contributed by atoms with Crippen molar-refractivity contribution in [2.45, 2.75) is 19.9 Å². The van der Waals surface area contributed by atoms with Gasteiger partial charge in [0.25, 0.3) is 5.88 Å². The molecule has 0 aliphatic rings. The molecule has 1 aromatic heterocycles. The first-order valence-electron chi connectivity index (χ1n) is 6.91. The molecule has 112 valence electrons. The van der Waals surface area contributed by atoms with Crippen LogP contribution in [0.3, 0.4) is 0 Å². The van der Waals surface area contributed by atoms with Gasteiger partial charge in [-0.2, -0.15) is 0 Å². The second-order valence-corrected chi connectivity index (χ2v) is 4.52. The molecule has 0 bridgehead atoms. The van der Waals surface area contributed by atoms with Crippen LogP contribution >= 0.6 is 0 Å². The van der Waals surface area contributed by atoms with E-state index in [0.717, 1.165) is 13.0 Å². The van der Waals surface area contributed by atoms with Crippen LogP contribution in [0.5, 0.6) is 17.4 Å². The van der Waals surface area contributed by atoms with Crippen LogP contribution in [0.2, 0.25) is 0 Å². The van der Waals surface area contributed by atoms with Crippen LogP contribution in [0, 0.1) is 5.82 Å². The van der Waals surface area contributed by atoms with Gasteiger partial charge in [0, 0.05) is 18.3 Å². The van der Waals surface area contributed by atoms with Crippen molar-refractivity contribution >= 4 is 0 Å². The third-order valence-corrected chi connectivity index (χ3v) is 2.96. The highest BCUT2D eigenvalue weighted by atomic mass is 19.1. The van der Waals surface area contributed by atoms with Crippen molar-refractivity contribution in [3.05, 3.63) is 47.9 Å². The Labute approximate surface area is 123 Å². The summed E-state index contributed by atoms with van der Waals surface area (Å²) in [6.45, 7) is 3.35. The molecule has 5 heteroatoms. The van der Waals surface area contributed by atoms with Crippen LogP contribution in [-0.4, -0.2) is 18.6 Å². The maximum absolute atomic E-state index is 14.4. The molecule has 0 radical (unpaired) electrons. The van der Waals surface area contributed by atoms with Crippen LogP contribution in [0.15, 0.2) is 36.5 Å². The number of methoxy groups -OCH3 is 1. The first-order chi connectivity index (χ1) is 10.3. The van der Waals surface area contributed by atoms with Crippen LogP contribution in [0.4, 0.5) is 4.39 Å². The topological polar surface area (TPSA) is 43.4 Å². The Balaban J connectivity index is 2.18. The summed E-state index contributed by atoms with van der Waals surface area (Å²) in [5, 5.41) is 3.16. The second kappa shape index (κ2) is 7.59. The van der Waals surface area contributed by atoms with E-state index in [1.807, 2.05) is 6.07 Å². The molecule has 0 amide bonds. The van der Waals surface area contributed by atoms with Gasteiger partial charge in [-0.15, -0.1) is 0 Å². The molecule has 1 N–H and O–H groups in total. The first kappa shape index (κ1) is 15.3. The SMILES string of the molecule is CCCNCc1ccnc(Oc2ccccc2OC)c1F. The second-order valence-electron chi connectivity index (χ2n) is 4.52. The molecule has 0 saturated heterocycles. The van der Waals surface area contributed by atoms with Crippen LogP contribution in [-0.2, 0) is 6.54 Å². The third-order valence-electron chi connectivity index (χ3n) is 2.96. The van der Waals surface area contributed by atoms with Gasteiger partial charge in [0.05, 0.1) is 7.11 Å². The van der Waals surface area contributed by atoms with E-state index in [-0.39, 0.29) is 5.88 Å². The summed E-state index contributed by atoms with van der Waals surface area (Å²) in [4.78, 5) is 3.96. The fourth-order valence-corrected chi connectivity index (χ4v) is 1.88. The summed E-state index contributed by atoms with van der Waals surface area (Å²) >= 11 is 0. The van der Waals surface area contributed by atoms with Gasteiger partial charge in [-0.1, -0.05) is 19.1 Å². The van der Waals surface area contributed by atoms with Crippen LogP contribution in [0.25, 0.3) is 0 Å². The van der Waals surface area contributed by atoms with E-state index >= 15 is 0 Å². The number of hydrogen-bond acceptors (Lipinski definition) is 4. The van der Waals surface area contributed by atoms with Crippen LogP contribution < -0.4 is 14.8 Å². The van der Waals surface area contributed by atoms with Gasteiger partial charge < -0.3 is 14.8 Å². The van der Waals surface area contributed by atoms with E-state index in [4.69, 9.17) is 9.47 Å². The molecule has 0 saturated carbocycles. The summed E-state index contributed by atoms with van der Waals surface area (Å²) < 4.78 is 25.1. The molecule has 1 aromatic carbocycles. The lowest BCUT2D eigenvalue weighted by Crippen LogP contribution is -2.15. The lowest BCUT2D eigenvalue weighted by molar-refractivity contribution is 0.362. The predicted octanol–water partition coefficient (Wildman–Crippen LogP) is 3.52. The van der Waals surface area contributed by atoms with Gasteiger partial charge in [0.2, 0.25) is 0 Å². The molecule has 0 fully saturated rings. The number of benzene rings is 1. The van der Waals surface area contributed by atoms with Crippen molar-refractivity contribution in [3.63, 3.8) is 0 Å². The van der Waals surface area contributed by atoms with Gasteiger partial charge in [-0.05, 0) is 31.2 Å². The van der Waals surface area contributed by atoms with Gasteiger partial charge in [0.15, 0.2) is 17.3 Å². The highest BCUT2D eigenvalue weighted by Crippen LogP contribution is 2.31. The maximum atomic E-state index is 14.4. The number of pyridine rings is 1. The molecule has 0 aliphatic heterocycles. The Hall–Kier alpha value is -2.14. The first-order valence-corrected chi connectivity index (χ1v) is 6.91. The number of rotatable bonds is 7. The molecule has 0 aliphatic carbocycles. The minimum atomic E-state index is -0.452. The Morgan fingerprint density at radius 2 is 1.95 bits per heavy atom. The van der Waals surface area contributed by atoms with E-state index in [2.05, 4.69) is 17.2 Å². The summed E-state index contributed by atoms with van der Waals surface area (Å²) in [6.07, 6.45) is 2.54. The highest BCUT2D eigenvalue weighted by molar-refractivity contribution is 5.42. The summed E-state index contributed by atoms with van der Waals surface area (Å²) in [6, 6.07) is 8.72. The number of para-hydroxylation sites is 2. The largest absolute Gasteiger partial charge is 0.493 e. The van der Waals surface area contributed by atoms with Crippen molar-refractivity contribution in [1.29, 1.82) is 0 Å². The van der Waals surface area contributed by atoms with Gasteiger partial charge in [-0.25, -0.2) is 9.37 Å². The molecule has 2 rings (SSSR count). The smallest absolute Gasteiger partial charge is 0.256 e. The molecular formula is C16H19FN2O2. The van der Waals surface area contributed by atoms with E-state index < -0.39 is 5.82 Å². The van der Waals surface area contributed by atoms with Crippen molar-refractivity contribution in [1.82, 2.24) is 10.3 Å². The Morgan fingerprint density at radius 1 is 1.19 bits per heavy atom. The van der Waals surface area contributed by atoms with E-state index in [1.54, 1.807) is 24.3 Å². The molecule has 21 heavy (non-hydrogen) atoms. The Morgan fingerprint density at radius 3 is 2.67 bits per heavy atom. The van der Waals surface area contributed by atoms with Crippen molar-refractivity contribution in [3.8, 4) is 17.4 Å². The van der Waals surface area contributed by atoms with Crippen molar-refractivity contribution < 1.29 is 13.9 Å². The molecule has 0 atom stereocenters. The quantitative estimate of drug-likeness (QED) is 0.792. The summed E-state index contributed by atoms with van der Waals surface area (Å²) in [5.41, 5.74) is 0.531. The minimum Gasteiger partial charge on any atom is -0.493 e. The number of hydrogen-bond donors (Lipinski definition) is 1. The minimum absolute atomic E-state index is 0.0460. The fraction of sp³-hybridized carbons (Fsp3) is 0.312. The summed E-state index contributed by atoms with van der Waals surface area (Å²) in [5.74, 6) is 0.473. The third kappa shape index (κ3) is 3.92. The maximum Gasteiger partial charge on any atom is 0.256 e. The van der Waals surface area contributed by atoms with E-state index in [9.17, 15) is 4.39 Å². The molecule has 1 heterocycles. The normalized spacial score (nSPS) is 10.4. The molecular weight excluding hydrogens is 271 g/mol. The lowest BCUT2D eigenvalue weighted by atomic mass is 10.2.